The van der Waals surface area contributed by atoms with Gasteiger partial charge in [-0.05, 0) is 18.1 Å². The maximum atomic E-state index is 5.83. The summed E-state index contributed by atoms with van der Waals surface area (Å²) in [4.78, 5) is 7.95. The van der Waals surface area contributed by atoms with Crippen molar-refractivity contribution in [2.75, 3.05) is 32.2 Å². The van der Waals surface area contributed by atoms with E-state index < -0.39 is 0 Å². The molecule has 1 aliphatic rings. The number of halogens is 1. The van der Waals surface area contributed by atoms with Crippen LogP contribution in [0.15, 0.2) is 24.5 Å². The second kappa shape index (κ2) is 6.70. The zero-order valence-corrected chi connectivity index (χ0v) is 12.9. The summed E-state index contributed by atoms with van der Waals surface area (Å²) in [5.74, 6) is 2.96. The topological polar surface area (TPSA) is 65.5 Å². The fraction of sp³-hybridized carbons (Fsp3) is 0.333. The summed E-state index contributed by atoms with van der Waals surface area (Å²) >= 11 is 5.83. The van der Waals surface area contributed by atoms with Crippen molar-refractivity contribution in [3.63, 3.8) is 0 Å². The molecular formula is C15H16ClN3O3. The molecule has 0 bridgehead atoms. The van der Waals surface area contributed by atoms with Crippen LogP contribution in [0.25, 0.3) is 0 Å². The smallest absolute Gasteiger partial charge is 0.165 e. The molecule has 0 saturated heterocycles. The number of ether oxygens (including phenoxy) is 3. The van der Waals surface area contributed by atoms with Gasteiger partial charge in [0.2, 0.25) is 0 Å². The number of hydrogen-bond donors (Lipinski definition) is 1. The van der Waals surface area contributed by atoms with Gasteiger partial charge in [0.15, 0.2) is 11.5 Å². The molecule has 2 aromatic rings. The van der Waals surface area contributed by atoms with Crippen LogP contribution in [0, 0.1) is 0 Å². The Kier molecular flexibility index (Phi) is 4.48. The largest absolute Gasteiger partial charge is 0.496 e. The Labute approximate surface area is 133 Å². The summed E-state index contributed by atoms with van der Waals surface area (Å²) in [6, 6.07) is 5.51. The molecule has 0 unspecified atom stereocenters. The molecule has 22 heavy (non-hydrogen) atoms. The summed E-state index contributed by atoms with van der Waals surface area (Å²) in [7, 11) is 1.65. The molecule has 0 radical (unpaired) electrons. The third kappa shape index (κ3) is 3.33. The molecule has 1 aliphatic heterocycles. The highest BCUT2D eigenvalue weighted by atomic mass is 35.5. The zero-order chi connectivity index (χ0) is 15.4. The van der Waals surface area contributed by atoms with Crippen molar-refractivity contribution in [1.82, 2.24) is 9.97 Å². The number of nitrogens with one attached hydrogen (secondary N) is 1. The van der Waals surface area contributed by atoms with Gasteiger partial charge in [0.25, 0.3) is 0 Å². The van der Waals surface area contributed by atoms with E-state index in [4.69, 9.17) is 25.8 Å². The molecular weight excluding hydrogens is 306 g/mol. The molecule has 7 heteroatoms. The molecule has 2 heterocycles. The van der Waals surface area contributed by atoms with Crippen molar-refractivity contribution in [1.29, 1.82) is 0 Å². The lowest BCUT2D eigenvalue weighted by Gasteiger charge is -2.20. The molecule has 1 N–H and O–H groups in total. The summed E-state index contributed by atoms with van der Waals surface area (Å²) in [5, 5.41) is 3.61. The van der Waals surface area contributed by atoms with Crippen molar-refractivity contribution in [3.8, 4) is 17.2 Å². The van der Waals surface area contributed by atoms with Crippen LogP contribution in [0.1, 0.15) is 5.56 Å². The third-order valence-corrected chi connectivity index (χ3v) is 3.49. The quantitative estimate of drug-likeness (QED) is 0.854. The molecule has 3 rings (SSSR count). The lowest BCUT2D eigenvalue weighted by molar-refractivity contribution is 0.170. The first-order valence-electron chi connectivity index (χ1n) is 6.94. The number of fused-ring (bicyclic) bond motifs is 1. The highest BCUT2D eigenvalue weighted by molar-refractivity contribution is 6.29. The fourth-order valence-corrected chi connectivity index (χ4v) is 2.40. The van der Waals surface area contributed by atoms with Crippen LogP contribution in [-0.2, 0) is 6.42 Å². The van der Waals surface area contributed by atoms with Crippen LogP contribution in [0.4, 0.5) is 5.82 Å². The number of hydrogen-bond acceptors (Lipinski definition) is 6. The van der Waals surface area contributed by atoms with E-state index in [0.29, 0.717) is 30.7 Å². The average molecular weight is 322 g/mol. The molecule has 116 valence electrons. The minimum Gasteiger partial charge on any atom is -0.496 e. The predicted molar refractivity (Wildman–Crippen MR) is 83.2 cm³/mol. The van der Waals surface area contributed by atoms with Crippen molar-refractivity contribution >= 4 is 17.4 Å². The van der Waals surface area contributed by atoms with Crippen molar-refractivity contribution in [3.05, 3.63) is 35.2 Å². The van der Waals surface area contributed by atoms with E-state index in [9.17, 15) is 0 Å². The second-order valence-corrected chi connectivity index (χ2v) is 5.10. The SMILES string of the molecule is COc1cc2c(cc1CCNc1cc(Cl)ncn1)OCCO2. The van der Waals surface area contributed by atoms with Gasteiger partial charge in [-0.25, -0.2) is 9.97 Å². The fourth-order valence-electron chi connectivity index (χ4n) is 2.25. The first-order valence-corrected chi connectivity index (χ1v) is 7.32. The van der Waals surface area contributed by atoms with Crippen molar-refractivity contribution < 1.29 is 14.2 Å². The molecule has 1 aromatic heterocycles. The Morgan fingerprint density at radius 1 is 1.18 bits per heavy atom. The minimum absolute atomic E-state index is 0.411. The maximum Gasteiger partial charge on any atom is 0.165 e. The van der Waals surface area contributed by atoms with E-state index >= 15 is 0 Å². The van der Waals surface area contributed by atoms with Gasteiger partial charge in [-0.2, -0.15) is 0 Å². The maximum absolute atomic E-state index is 5.83. The van der Waals surface area contributed by atoms with Crippen LogP contribution in [-0.4, -0.2) is 36.8 Å². The number of aromatic nitrogens is 2. The normalized spacial score (nSPS) is 12.8. The van der Waals surface area contributed by atoms with Crippen LogP contribution >= 0.6 is 11.6 Å². The number of nitrogens with zero attached hydrogens (tertiary/aromatic N) is 2. The van der Waals surface area contributed by atoms with E-state index in [1.807, 2.05) is 12.1 Å². The number of rotatable bonds is 5. The Morgan fingerprint density at radius 3 is 2.68 bits per heavy atom. The molecule has 6 nitrogen and oxygen atoms in total. The van der Waals surface area contributed by atoms with Gasteiger partial charge in [-0.3, -0.25) is 0 Å². The van der Waals surface area contributed by atoms with Crippen molar-refractivity contribution in [2.24, 2.45) is 0 Å². The Balaban J connectivity index is 1.69. The molecule has 0 aliphatic carbocycles. The van der Waals surface area contributed by atoms with Gasteiger partial charge in [-0.1, -0.05) is 11.6 Å². The van der Waals surface area contributed by atoms with Gasteiger partial charge >= 0.3 is 0 Å². The first-order chi connectivity index (χ1) is 10.8. The van der Waals surface area contributed by atoms with Crippen LogP contribution in [0.2, 0.25) is 5.15 Å². The highest BCUT2D eigenvalue weighted by Crippen LogP contribution is 2.36. The average Bonchev–Trinajstić information content (AvgIpc) is 2.54. The third-order valence-electron chi connectivity index (χ3n) is 3.28. The summed E-state index contributed by atoms with van der Waals surface area (Å²) in [6.45, 7) is 1.81. The minimum atomic E-state index is 0.411. The van der Waals surface area contributed by atoms with E-state index in [2.05, 4.69) is 15.3 Å². The Morgan fingerprint density at radius 2 is 1.95 bits per heavy atom. The molecule has 0 fully saturated rings. The van der Waals surface area contributed by atoms with Crippen LogP contribution in [0.5, 0.6) is 17.2 Å². The highest BCUT2D eigenvalue weighted by Gasteiger charge is 2.16. The zero-order valence-electron chi connectivity index (χ0n) is 12.1. The molecule has 0 amide bonds. The molecule has 0 spiro atoms. The van der Waals surface area contributed by atoms with Gasteiger partial charge in [-0.15, -0.1) is 0 Å². The number of benzene rings is 1. The van der Waals surface area contributed by atoms with Gasteiger partial charge in [0, 0.05) is 18.7 Å². The van der Waals surface area contributed by atoms with E-state index in [-0.39, 0.29) is 0 Å². The van der Waals surface area contributed by atoms with Crippen molar-refractivity contribution in [2.45, 2.75) is 6.42 Å². The Bertz CT molecular complexity index is 666. The predicted octanol–water partition coefficient (Wildman–Crippen LogP) is 2.56. The first kappa shape index (κ1) is 14.7. The summed E-state index contributed by atoms with van der Waals surface area (Å²) in [5.41, 5.74) is 1.04. The van der Waals surface area contributed by atoms with Crippen LogP contribution in [0.3, 0.4) is 0 Å². The monoisotopic (exact) mass is 321 g/mol. The number of anilines is 1. The standard InChI is InChI=1S/C15H16ClN3O3/c1-20-11-7-13-12(21-4-5-22-13)6-10(11)2-3-17-15-8-14(16)18-9-19-15/h6-9H,2-5H2,1H3,(H,17,18,19). The van der Waals surface area contributed by atoms with Gasteiger partial charge in [0.1, 0.15) is 36.3 Å². The van der Waals surface area contributed by atoms with E-state index in [1.54, 1.807) is 13.2 Å². The summed E-state index contributed by atoms with van der Waals surface area (Å²) in [6.07, 6.45) is 2.18. The van der Waals surface area contributed by atoms with E-state index in [1.165, 1.54) is 6.33 Å². The Hall–Kier alpha value is -2.21. The summed E-state index contributed by atoms with van der Waals surface area (Å²) < 4.78 is 16.6. The molecule has 0 saturated carbocycles. The lowest BCUT2D eigenvalue weighted by atomic mass is 10.1. The molecule has 0 atom stereocenters. The van der Waals surface area contributed by atoms with Crippen LogP contribution < -0.4 is 19.5 Å². The van der Waals surface area contributed by atoms with E-state index in [0.717, 1.165) is 29.2 Å². The van der Waals surface area contributed by atoms with Gasteiger partial charge in [0.05, 0.1) is 7.11 Å². The van der Waals surface area contributed by atoms with Gasteiger partial charge < -0.3 is 19.5 Å². The second-order valence-electron chi connectivity index (χ2n) is 4.71. The number of methoxy groups -OCH3 is 1. The lowest BCUT2D eigenvalue weighted by Crippen LogP contribution is -2.16. The molecule has 1 aromatic carbocycles.